The van der Waals surface area contributed by atoms with Gasteiger partial charge in [-0.2, -0.15) is 0 Å². The van der Waals surface area contributed by atoms with Gasteiger partial charge in [0.05, 0.1) is 12.1 Å². The minimum Gasteiger partial charge on any atom is -0.372 e. The van der Waals surface area contributed by atoms with Gasteiger partial charge in [-0.1, -0.05) is 12.1 Å². The quantitative estimate of drug-likeness (QED) is 0.530. The van der Waals surface area contributed by atoms with Crippen molar-refractivity contribution >= 4 is 11.6 Å². The van der Waals surface area contributed by atoms with E-state index in [0.29, 0.717) is 11.3 Å². The first-order valence-corrected chi connectivity index (χ1v) is 4.09. The van der Waals surface area contributed by atoms with E-state index in [2.05, 4.69) is 10.6 Å². The van der Waals surface area contributed by atoms with Crippen molar-refractivity contribution in [3.63, 3.8) is 0 Å². The molecule has 3 N–H and O–H groups in total. The van der Waals surface area contributed by atoms with Gasteiger partial charge in [-0.3, -0.25) is 4.79 Å². The van der Waals surface area contributed by atoms with Gasteiger partial charge < -0.3 is 15.7 Å². The van der Waals surface area contributed by atoms with Crippen molar-refractivity contribution in [1.29, 1.82) is 0 Å². The predicted molar refractivity (Wildman–Crippen MR) is 48.4 cm³/mol. The highest BCUT2D eigenvalue weighted by Gasteiger charge is 2.17. The van der Waals surface area contributed by atoms with Crippen LogP contribution in [0.15, 0.2) is 24.3 Å². The monoisotopic (exact) mass is 178 g/mol. The number of para-hydroxylation sites is 1. The van der Waals surface area contributed by atoms with Crippen LogP contribution in [0, 0.1) is 0 Å². The normalized spacial score (nSPS) is 21.0. The second-order valence-corrected chi connectivity index (χ2v) is 2.92. The summed E-state index contributed by atoms with van der Waals surface area (Å²) in [5, 5.41) is 14.8. The topological polar surface area (TPSA) is 61.4 Å². The Labute approximate surface area is 75.6 Å². The maximum Gasteiger partial charge on any atom is 0.253 e. The van der Waals surface area contributed by atoms with Gasteiger partial charge in [-0.25, -0.2) is 0 Å². The van der Waals surface area contributed by atoms with Crippen LogP contribution in [0.3, 0.4) is 0 Å². The molecule has 0 bridgehead atoms. The first kappa shape index (κ1) is 8.07. The number of fused-ring (bicyclic) bond motifs is 1. The first-order valence-electron chi connectivity index (χ1n) is 4.09. The molecule has 1 aromatic rings. The molecule has 0 aliphatic carbocycles. The molecule has 0 saturated carbocycles. The fourth-order valence-electron chi connectivity index (χ4n) is 1.32. The van der Waals surface area contributed by atoms with Crippen LogP contribution in [0.25, 0.3) is 0 Å². The lowest BCUT2D eigenvalue weighted by Gasteiger charge is -2.09. The number of benzene rings is 1. The second-order valence-electron chi connectivity index (χ2n) is 2.92. The summed E-state index contributed by atoms with van der Waals surface area (Å²) in [5.41, 5.74) is 1.24. The summed E-state index contributed by atoms with van der Waals surface area (Å²) in [6.07, 6.45) is -0.715. The minimum atomic E-state index is -0.715. The third kappa shape index (κ3) is 1.48. The van der Waals surface area contributed by atoms with Crippen LogP contribution in [0.2, 0.25) is 0 Å². The lowest BCUT2D eigenvalue weighted by molar-refractivity contribution is 0.0936. The molecule has 1 heterocycles. The van der Waals surface area contributed by atoms with Gasteiger partial charge in [0.25, 0.3) is 5.91 Å². The van der Waals surface area contributed by atoms with Gasteiger partial charge in [0.1, 0.15) is 6.23 Å². The van der Waals surface area contributed by atoms with Gasteiger partial charge in [-0.05, 0) is 12.1 Å². The molecule has 1 aromatic carbocycles. The van der Waals surface area contributed by atoms with Gasteiger partial charge >= 0.3 is 0 Å². The van der Waals surface area contributed by atoms with Gasteiger partial charge in [0.2, 0.25) is 0 Å². The number of rotatable bonds is 0. The summed E-state index contributed by atoms with van der Waals surface area (Å²) in [6.45, 7) is 0.230. The fraction of sp³-hybridized carbons (Fsp3) is 0.222. The number of aliphatic hydroxyl groups is 1. The minimum absolute atomic E-state index is 0.153. The molecular formula is C9H10N2O2. The summed E-state index contributed by atoms with van der Waals surface area (Å²) in [6, 6.07) is 7.09. The fourth-order valence-corrected chi connectivity index (χ4v) is 1.32. The van der Waals surface area contributed by atoms with Crippen molar-refractivity contribution in [2.24, 2.45) is 0 Å². The highest BCUT2D eigenvalue weighted by Crippen LogP contribution is 2.17. The van der Waals surface area contributed by atoms with E-state index in [-0.39, 0.29) is 12.5 Å². The number of anilines is 1. The molecule has 1 aliphatic rings. The Bertz CT molecular complexity index is 338. The number of hydrogen-bond donors (Lipinski definition) is 3. The Morgan fingerprint density at radius 2 is 2.15 bits per heavy atom. The molecule has 0 radical (unpaired) electrons. The Hall–Kier alpha value is -1.55. The number of aliphatic hydroxyl groups excluding tert-OH is 1. The average molecular weight is 178 g/mol. The number of β-amino-alcohol motifs (C(OH)–C–C–N with tert-alkyl or cyclic N) is 1. The van der Waals surface area contributed by atoms with Gasteiger partial charge in [0, 0.05) is 5.69 Å². The maximum atomic E-state index is 11.4. The van der Waals surface area contributed by atoms with Crippen LogP contribution < -0.4 is 10.6 Å². The molecule has 1 atom stereocenters. The molecule has 4 nitrogen and oxygen atoms in total. The van der Waals surface area contributed by atoms with Crippen LogP contribution in [0.4, 0.5) is 5.69 Å². The Kier molecular flexibility index (Phi) is 1.90. The molecule has 13 heavy (non-hydrogen) atoms. The lowest BCUT2D eigenvalue weighted by Crippen LogP contribution is -2.32. The largest absolute Gasteiger partial charge is 0.372 e. The summed E-state index contributed by atoms with van der Waals surface area (Å²) in [4.78, 5) is 11.4. The van der Waals surface area contributed by atoms with E-state index in [0.717, 1.165) is 0 Å². The smallest absolute Gasteiger partial charge is 0.253 e. The van der Waals surface area contributed by atoms with Gasteiger partial charge in [0.15, 0.2) is 0 Å². The van der Waals surface area contributed by atoms with E-state index in [1.807, 2.05) is 6.07 Å². The zero-order valence-electron chi connectivity index (χ0n) is 6.95. The maximum absolute atomic E-state index is 11.4. The molecule has 1 aliphatic heterocycles. The van der Waals surface area contributed by atoms with E-state index in [4.69, 9.17) is 0 Å². The Morgan fingerprint density at radius 1 is 1.38 bits per heavy atom. The lowest BCUT2D eigenvalue weighted by atomic mass is 10.2. The van der Waals surface area contributed by atoms with Crippen molar-refractivity contribution in [2.75, 3.05) is 11.9 Å². The zero-order valence-corrected chi connectivity index (χ0v) is 6.95. The standard InChI is InChI=1S/C9H10N2O2/c12-8-5-10-9(13)6-3-1-2-4-7(6)11-8/h1-4,8,11-12H,5H2,(H,10,13). The van der Waals surface area contributed by atoms with Crippen LogP contribution >= 0.6 is 0 Å². The third-order valence-corrected chi connectivity index (χ3v) is 1.95. The number of carbonyl (C=O) groups excluding carboxylic acids is 1. The van der Waals surface area contributed by atoms with E-state index in [1.54, 1.807) is 18.2 Å². The van der Waals surface area contributed by atoms with Crippen molar-refractivity contribution in [2.45, 2.75) is 6.23 Å². The highest BCUT2D eigenvalue weighted by molar-refractivity contribution is 6.00. The summed E-state index contributed by atoms with van der Waals surface area (Å²) >= 11 is 0. The predicted octanol–water partition coefficient (Wildman–Crippen LogP) is 0.160. The van der Waals surface area contributed by atoms with Crippen LogP contribution in [-0.2, 0) is 0 Å². The van der Waals surface area contributed by atoms with Gasteiger partial charge in [-0.15, -0.1) is 0 Å². The molecule has 1 amide bonds. The number of nitrogens with one attached hydrogen (secondary N) is 2. The van der Waals surface area contributed by atoms with Crippen molar-refractivity contribution in [1.82, 2.24) is 5.32 Å². The van der Waals surface area contributed by atoms with E-state index in [1.165, 1.54) is 0 Å². The first-order chi connectivity index (χ1) is 6.27. The average Bonchev–Trinajstić information content (AvgIpc) is 2.27. The van der Waals surface area contributed by atoms with Crippen molar-refractivity contribution in [3.8, 4) is 0 Å². The van der Waals surface area contributed by atoms with Crippen LogP contribution in [0.1, 0.15) is 10.4 Å². The molecule has 0 saturated heterocycles. The van der Waals surface area contributed by atoms with Crippen molar-refractivity contribution < 1.29 is 9.90 Å². The SMILES string of the molecule is O=C1NCC(O)Nc2ccccc21. The Balaban J connectivity index is 2.43. The van der Waals surface area contributed by atoms with E-state index < -0.39 is 6.23 Å². The van der Waals surface area contributed by atoms with Crippen molar-refractivity contribution in [3.05, 3.63) is 29.8 Å². The molecule has 4 heteroatoms. The zero-order chi connectivity index (χ0) is 9.26. The summed E-state index contributed by atoms with van der Waals surface area (Å²) < 4.78 is 0. The van der Waals surface area contributed by atoms with Crippen LogP contribution in [-0.4, -0.2) is 23.8 Å². The number of hydrogen-bond acceptors (Lipinski definition) is 3. The van der Waals surface area contributed by atoms with E-state index >= 15 is 0 Å². The third-order valence-electron chi connectivity index (χ3n) is 1.95. The molecule has 68 valence electrons. The van der Waals surface area contributed by atoms with Crippen LogP contribution in [0.5, 0.6) is 0 Å². The number of carbonyl (C=O) groups is 1. The molecule has 1 unspecified atom stereocenters. The highest BCUT2D eigenvalue weighted by atomic mass is 16.3. The summed E-state index contributed by atoms with van der Waals surface area (Å²) in [7, 11) is 0. The Morgan fingerprint density at radius 3 is 3.00 bits per heavy atom. The molecular weight excluding hydrogens is 168 g/mol. The molecule has 2 rings (SSSR count). The molecule has 0 spiro atoms. The van der Waals surface area contributed by atoms with E-state index in [9.17, 15) is 9.90 Å². The number of amides is 1. The second kappa shape index (κ2) is 3.06. The molecule has 0 aromatic heterocycles. The summed E-state index contributed by atoms with van der Waals surface area (Å²) in [5.74, 6) is -0.153. The molecule has 0 fully saturated rings.